The van der Waals surface area contributed by atoms with Crippen LogP contribution in [0.4, 0.5) is 4.79 Å². The number of rotatable bonds is 3. The van der Waals surface area contributed by atoms with Gasteiger partial charge in [-0.15, -0.1) is 0 Å². The third-order valence-electron chi connectivity index (χ3n) is 1.94. The van der Waals surface area contributed by atoms with Gasteiger partial charge in [-0.25, -0.2) is 10.2 Å². The van der Waals surface area contributed by atoms with Crippen LogP contribution in [-0.2, 0) is 0 Å². The Hall–Kier alpha value is -2.10. The number of hydrazone groups is 1. The maximum atomic E-state index is 10.4. The largest absolute Gasteiger partial charge is 0.350 e. The van der Waals surface area contributed by atoms with E-state index in [0.29, 0.717) is 5.71 Å². The molecule has 1 aromatic carbocycles. The monoisotopic (exact) mass is 217 g/mol. The summed E-state index contributed by atoms with van der Waals surface area (Å²) in [7, 11) is 0. The van der Waals surface area contributed by atoms with Gasteiger partial charge in [0.25, 0.3) is 0 Å². The fraction of sp³-hybridized carbons (Fsp3) is 0.167. The van der Waals surface area contributed by atoms with Crippen molar-refractivity contribution in [3.63, 3.8) is 0 Å². The Bertz CT molecular complexity index is 418. The van der Waals surface area contributed by atoms with Gasteiger partial charge < -0.3 is 5.73 Å². The second-order valence-corrected chi connectivity index (χ2v) is 3.47. The number of nitrogens with zero attached hydrogens (tertiary/aromatic N) is 1. The molecule has 0 aromatic heterocycles. The van der Waals surface area contributed by atoms with Gasteiger partial charge in [0.2, 0.25) is 0 Å². The standard InChI is InChI=1S/C12H15N3O/c1-9-3-6-11(7-4-9)8-5-10(2)14-15-12(13)16/h3-8H,1-2H3,(H3,13,15,16)/b8-5+,14-10-. The highest BCUT2D eigenvalue weighted by Crippen LogP contribution is 2.04. The van der Waals surface area contributed by atoms with Crippen molar-refractivity contribution in [2.24, 2.45) is 10.8 Å². The molecule has 4 heteroatoms. The van der Waals surface area contributed by atoms with E-state index in [4.69, 9.17) is 5.73 Å². The number of hydrogen-bond acceptors (Lipinski definition) is 2. The number of nitrogens with one attached hydrogen (secondary N) is 1. The first-order chi connectivity index (χ1) is 7.58. The summed E-state index contributed by atoms with van der Waals surface area (Å²) in [5.41, 5.74) is 10.0. The first-order valence-corrected chi connectivity index (χ1v) is 4.92. The topological polar surface area (TPSA) is 67.5 Å². The Morgan fingerprint density at radius 2 is 2.00 bits per heavy atom. The van der Waals surface area contributed by atoms with Gasteiger partial charge in [0.15, 0.2) is 0 Å². The minimum Gasteiger partial charge on any atom is -0.350 e. The zero-order valence-electron chi connectivity index (χ0n) is 9.40. The van der Waals surface area contributed by atoms with Gasteiger partial charge >= 0.3 is 6.03 Å². The Kier molecular flexibility index (Phi) is 4.27. The minimum atomic E-state index is -0.664. The van der Waals surface area contributed by atoms with Crippen molar-refractivity contribution in [2.45, 2.75) is 13.8 Å². The summed E-state index contributed by atoms with van der Waals surface area (Å²) in [6.45, 7) is 3.82. The maximum absolute atomic E-state index is 10.4. The summed E-state index contributed by atoms with van der Waals surface area (Å²) in [6, 6.07) is 7.44. The molecule has 84 valence electrons. The molecule has 0 bridgehead atoms. The Balaban J connectivity index is 2.62. The van der Waals surface area contributed by atoms with Crippen LogP contribution in [0, 0.1) is 6.92 Å². The number of aryl methyl sites for hydroxylation is 1. The number of amides is 2. The molecule has 0 atom stereocenters. The highest BCUT2D eigenvalue weighted by Gasteiger charge is 1.89. The first kappa shape index (κ1) is 12.0. The summed E-state index contributed by atoms with van der Waals surface area (Å²) in [4.78, 5) is 10.4. The zero-order valence-corrected chi connectivity index (χ0v) is 9.40. The first-order valence-electron chi connectivity index (χ1n) is 4.92. The molecular formula is C12H15N3O. The number of urea groups is 1. The number of allylic oxidation sites excluding steroid dienone is 1. The number of primary amides is 1. The molecular weight excluding hydrogens is 202 g/mol. The number of hydrogen-bond donors (Lipinski definition) is 2. The quantitative estimate of drug-likeness (QED) is 0.590. The zero-order chi connectivity index (χ0) is 12.0. The van der Waals surface area contributed by atoms with E-state index < -0.39 is 6.03 Å². The van der Waals surface area contributed by atoms with E-state index in [1.807, 2.05) is 37.3 Å². The van der Waals surface area contributed by atoms with Crippen molar-refractivity contribution in [3.05, 3.63) is 41.5 Å². The van der Waals surface area contributed by atoms with Gasteiger partial charge in [-0.2, -0.15) is 5.10 Å². The lowest BCUT2D eigenvalue weighted by molar-refractivity contribution is 0.249. The van der Waals surface area contributed by atoms with Gasteiger partial charge in [0, 0.05) is 0 Å². The van der Waals surface area contributed by atoms with Crippen LogP contribution >= 0.6 is 0 Å². The van der Waals surface area contributed by atoms with Crippen molar-refractivity contribution >= 4 is 17.8 Å². The van der Waals surface area contributed by atoms with Gasteiger partial charge in [-0.05, 0) is 25.5 Å². The van der Waals surface area contributed by atoms with Gasteiger partial charge in [0.05, 0.1) is 5.71 Å². The second kappa shape index (κ2) is 5.70. The predicted octanol–water partition coefficient (Wildman–Crippen LogP) is 2.05. The summed E-state index contributed by atoms with van der Waals surface area (Å²) in [6.07, 6.45) is 3.72. The van der Waals surface area contributed by atoms with Crippen molar-refractivity contribution in [1.82, 2.24) is 5.43 Å². The molecule has 4 nitrogen and oxygen atoms in total. The molecule has 1 aromatic rings. The lowest BCUT2D eigenvalue weighted by atomic mass is 10.1. The third-order valence-corrected chi connectivity index (χ3v) is 1.94. The summed E-state index contributed by atoms with van der Waals surface area (Å²) >= 11 is 0. The molecule has 0 fully saturated rings. The lowest BCUT2D eigenvalue weighted by Crippen LogP contribution is -2.25. The molecule has 0 unspecified atom stereocenters. The summed E-state index contributed by atoms with van der Waals surface area (Å²) in [5.74, 6) is 0. The van der Waals surface area contributed by atoms with Crippen LogP contribution in [0.25, 0.3) is 6.08 Å². The number of nitrogens with two attached hydrogens (primary N) is 1. The summed E-state index contributed by atoms with van der Waals surface area (Å²) in [5, 5.41) is 3.76. The van der Waals surface area contributed by atoms with Crippen LogP contribution in [0.2, 0.25) is 0 Å². The average molecular weight is 217 g/mol. The van der Waals surface area contributed by atoms with Crippen LogP contribution in [0.3, 0.4) is 0 Å². The van der Waals surface area contributed by atoms with E-state index in [2.05, 4.69) is 10.5 Å². The van der Waals surface area contributed by atoms with Crippen LogP contribution in [0.15, 0.2) is 35.4 Å². The SMILES string of the molecule is CC(/C=C/c1ccc(C)cc1)=N/NC(N)=O. The van der Waals surface area contributed by atoms with Crippen molar-refractivity contribution in [3.8, 4) is 0 Å². The van der Waals surface area contributed by atoms with E-state index in [1.165, 1.54) is 5.56 Å². The van der Waals surface area contributed by atoms with E-state index >= 15 is 0 Å². The highest BCUT2D eigenvalue weighted by molar-refractivity contribution is 5.96. The van der Waals surface area contributed by atoms with E-state index in [-0.39, 0.29) is 0 Å². The minimum absolute atomic E-state index is 0.664. The van der Waals surface area contributed by atoms with Crippen molar-refractivity contribution < 1.29 is 4.79 Å². The molecule has 0 saturated heterocycles. The molecule has 0 aliphatic rings. The Morgan fingerprint density at radius 1 is 1.38 bits per heavy atom. The fourth-order valence-corrected chi connectivity index (χ4v) is 1.07. The lowest BCUT2D eigenvalue weighted by Gasteiger charge is -1.96. The molecule has 3 N–H and O–H groups in total. The van der Waals surface area contributed by atoms with E-state index in [9.17, 15) is 4.79 Å². The molecule has 1 rings (SSSR count). The fourth-order valence-electron chi connectivity index (χ4n) is 1.07. The molecule has 0 radical (unpaired) electrons. The van der Waals surface area contributed by atoms with Gasteiger partial charge in [-0.3, -0.25) is 0 Å². The third kappa shape index (κ3) is 4.41. The van der Waals surface area contributed by atoms with Crippen molar-refractivity contribution in [1.29, 1.82) is 0 Å². The molecule has 16 heavy (non-hydrogen) atoms. The molecule has 0 aliphatic carbocycles. The molecule has 0 aliphatic heterocycles. The predicted molar refractivity (Wildman–Crippen MR) is 66.0 cm³/mol. The smallest absolute Gasteiger partial charge is 0.332 e. The summed E-state index contributed by atoms with van der Waals surface area (Å²) < 4.78 is 0. The van der Waals surface area contributed by atoms with Gasteiger partial charge in [0.1, 0.15) is 0 Å². The van der Waals surface area contributed by atoms with Crippen LogP contribution in [0.1, 0.15) is 18.1 Å². The molecule has 0 spiro atoms. The number of carbonyl (C=O) groups excluding carboxylic acids is 1. The van der Waals surface area contributed by atoms with Crippen LogP contribution < -0.4 is 11.2 Å². The maximum Gasteiger partial charge on any atom is 0.332 e. The normalized spacial score (nSPS) is 11.8. The highest BCUT2D eigenvalue weighted by atomic mass is 16.2. The number of benzene rings is 1. The van der Waals surface area contributed by atoms with Crippen molar-refractivity contribution in [2.75, 3.05) is 0 Å². The Labute approximate surface area is 94.8 Å². The molecule has 0 saturated carbocycles. The van der Waals surface area contributed by atoms with E-state index in [1.54, 1.807) is 13.0 Å². The molecule has 2 amide bonds. The van der Waals surface area contributed by atoms with E-state index in [0.717, 1.165) is 5.56 Å². The van der Waals surface area contributed by atoms with Crippen LogP contribution in [0.5, 0.6) is 0 Å². The van der Waals surface area contributed by atoms with Gasteiger partial charge in [-0.1, -0.05) is 35.9 Å². The average Bonchev–Trinajstić information content (AvgIpc) is 2.25. The number of carbonyl (C=O) groups is 1. The Morgan fingerprint density at radius 3 is 2.56 bits per heavy atom. The van der Waals surface area contributed by atoms with Crippen LogP contribution in [-0.4, -0.2) is 11.7 Å². The molecule has 0 heterocycles. The second-order valence-electron chi connectivity index (χ2n) is 3.47.